The number of hydrogen-bond acceptors (Lipinski definition) is 10. The summed E-state index contributed by atoms with van der Waals surface area (Å²) in [7, 11) is 1.34. The quantitative estimate of drug-likeness (QED) is 0.199. The molecule has 11 nitrogen and oxygen atoms in total. The van der Waals surface area contributed by atoms with Gasteiger partial charge in [0.25, 0.3) is 11.1 Å². The fourth-order valence-corrected chi connectivity index (χ4v) is 3.73. The lowest BCUT2D eigenvalue weighted by atomic mass is 9.85. The van der Waals surface area contributed by atoms with E-state index in [-0.39, 0.29) is 50.6 Å². The molecule has 0 aliphatic carbocycles. The first-order chi connectivity index (χ1) is 15.3. The number of carbonyl (C=O) groups excluding carboxylic acids is 4. The molecule has 0 saturated carbocycles. The highest BCUT2D eigenvalue weighted by Gasteiger charge is 2.51. The van der Waals surface area contributed by atoms with E-state index in [2.05, 4.69) is 10.6 Å². The second-order valence-corrected chi connectivity index (χ2v) is 9.76. The molecular weight excluding hydrogens is 456 g/mol. The maximum absolute atomic E-state index is 12.8. The number of methoxy groups -OCH3 is 1. The summed E-state index contributed by atoms with van der Waals surface area (Å²) in [5.74, 6) is -2.67. The van der Waals surface area contributed by atoms with Gasteiger partial charge in [-0.15, -0.1) is 0 Å². The van der Waals surface area contributed by atoms with Gasteiger partial charge in [0.2, 0.25) is 17.6 Å². The molecule has 1 saturated heterocycles. The topological polar surface area (TPSA) is 160 Å². The van der Waals surface area contributed by atoms with Crippen molar-refractivity contribution in [3.05, 3.63) is 0 Å². The number of carbonyl (C=O) groups is 4. The van der Waals surface area contributed by atoms with Gasteiger partial charge in [0.05, 0.1) is 25.2 Å². The average Bonchev–Trinajstić information content (AvgIpc) is 2.71. The van der Waals surface area contributed by atoms with Gasteiger partial charge in [0.1, 0.15) is 6.10 Å². The van der Waals surface area contributed by atoms with E-state index in [0.29, 0.717) is 0 Å². The molecule has 1 fully saturated rings. The van der Waals surface area contributed by atoms with Crippen molar-refractivity contribution in [3.63, 3.8) is 0 Å². The van der Waals surface area contributed by atoms with Crippen LogP contribution in [0.5, 0.6) is 0 Å². The lowest BCUT2D eigenvalue weighted by Crippen LogP contribution is -2.60. The van der Waals surface area contributed by atoms with Crippen LogP contribution >= 0.6 is 11.8 Å². The van der Waals surface area contributed by atoms with Gasteiger partial charge >= 0.3 is 0 Å². The lowest BCUT2D eigenvalue weighted by Gasteiger charge is -2.47. The van der Waals surface area contributed by atoms with Crippen LogP contribution in [0.15, 0.2) is 0 Å². The van der Waals surface area contributed by atoms with E-state index >= 15 is 0 Å². The fourth-order valence-electron chi connectivity index (χ4n) is 3.13. The Morgan fingerprint density at radius 1 is 1.18 bits per heavy atom. The van der Waals surface area contributed by atoms with Gasteiger partial charge in [-0.1, -0.05) is 25.6 Å². The molecular formula is C21H36N2O9S. The van der Waals surface area contributed by atoms with Crippen LogP contribution in [0.2, 0.25) is 0 Å². The molecule has 1 aliphatic heterocycles. The van der Waals surface area contributed by atoms with Crippen molar-refractivity contribution >= 4 is 34.5 Å². The molecule has 1 heterocycles. The first-order valence-electron chi connectivity index (χ1n) is 10.8. The minimum atomic E-state index is -1.64. The van der Waals surface area contributed by atoms with E-state index in [1.54, 1.807) is 20.8 Å². The summed E-state index contributed by atoms with van der Waals surface area (Å²) in [5, 5.41) is 24.4. The highest BCUT2D eigenvalue weighted by atomic mass is 32.2. The number of rotatable bonds is 13. The number of aliphatic hydroxyl groups is 2. The monoisotopic (exact) mass is 492 g/mol. The zero-order chi connectivity index (χ0) is 25.2. The van der Waals surface area contributed by atoms with Crippen LogP contribution in [0, 0.1) is 5.41 Å². The molecule has 0 aromatic carbocycles. The Hall–Kier alpha value is -1.57. The molecule has 0 bridgehead atoms. The Balaban J connectivity index is 2.55. The normalized spacial score (nSPS) is 23.9. The van der Waals surface area contributed by atoms with Crippen molar-refractivity contribution in [1.82, 2.24) is 10.6 Å². The lowest BCUT2D eigenvalue weighted by molar-refractivity contribution is -0.429. The van der Waals surface area contributed by atoms with Crippen LogP contribution in [-0.4, -0.2) is 89.8 Å². The van der Waals surface area contributed by atoms with Crippen molar-refractivity contribution in [1.29, 1.82) is 0 Å². The summed E-state index contributed by atoms with van der Waals surface area (Å²) in [6.45, 7) is 6.71. The van der Waals surface area contributed by atoms with E-state index in [1.165, 1.54) is 14.0 Å². The number of thioether (sulfide) groups is 1. The highest BCUT2D eigenvalue weighted by molar-refractivity contribution is 8.15. The molecule has 0 aromatic rings. The molecule has 4 atom stereocenters. The minimum Gasteiger partial charge on any atom is -0.393 e. The summed E-state index contributed by atoms with van der Waals surface area (Å²) >= 11 is 0.838. The maximum Gasteiger partial charge on any atom is 0.285 e. The molecule has 0 radical (unpaired) electrons. The number of nitrogens with one attached hydrogen (secondary N) is 2. The average molecular weight is 493 g/mol. The minimum absolute atomic E-state index is 0.0171. The van der Waals surface area contributed by atoms with Crippen molar-refractivity contribution in [2.45, 2.75) is 71.2 Å². The van der Waals surface area contributed by atoms with E-state index < -0.39 is 46.5 Å². The van der Waals surface area contributed by atoms with Crippen molar-refractivity contribution in [2.24, 2.45) is 5.41 Å². The summed E-state index contributed by atoms with van der Waals surface area (Å²) in [6.07, 6.45) is -2.66. The third-order valence-electron chi connectivity index (χ3n) is 4.92. The summed E-state index contributed by atoms with van der Waals surface area (Å²) in [5.41, 5.74) is -0.704. The Labute approximate surface area is 198 Å². The number of ketones is 1. The second kappa shape index (κ2) is 13.4. The maximum atomic E-state index is 12.8. The molecule has 4 N–H and O–H groups in total. The van der Waals surface area contributed by atoms with Gasteiger partial charge < -0.3 is 35.1 Å². The van der Waals surface area contributed by atoms with Crippen LogP contribution in [0.4, 0.5) is 0 Å². The number of Topliss-reactive ketones (excluding diaryl/α,β-unsaturated/α-hetero) is 1. The van der Waals surface area contributed by atoms with Gasteiger partial charge in [0.15, 0.2) is 0 Å². The Kier molecular flexibility index (Phi) is 11.9. The summed E-state index contributed by atoms with van der Waals surface area (Å²) in [6, 6.07) is 0. The third-order valence-corrected chi connectivity index (χ3v) is 5.87. The standard InChI is InChI=1S/C21H36N2O9S/c1-13(24)10-15(26)11-21(30-5)31-12-20(3,4)17(32-21)18(28)23-7-6-16(27)22-8-9-33-19(29)14(2)25/h13,15,17,24,26H,6-12H2,1-5H3,(H,22,27)(H,23,28)/t13?,15?,17-,21?/m0/s1. The largest absolute Gasteiger partial charge is 0.393 e. The number of hydrogen-bond donors (Lipinski definition) is 4. The van der Waals surface area contributed by atoms with E-state index in [1.807, 2.05) is 0 Å². The second-order valence-electron chi connectivity index (χ2n) is 8.69. The van der Waals surface area contributed by atoms with E-state index in [9.17, 15) is 29.4 Å². The van der Waals surface area contributed by atoms with Gasteiger partial charge in [0, 0.05) is 44.7 Å². The van der Waals surface area contributed by atoms with Crippen LogP contribution in [-0.2, 0) is 33.4 Å². The van der Waals surface area contributed by atoms with Crippen LogP contribution < -0.4 is 10.6 Å². The molecule has 1 rings (SSSR count). The molecule has 33 heavy (non-hydrogen) atoms. The molecule has 0 spiro atoms. The van der Waals surface area contributed by atoms with Crippen LogP contribution in [0.25, 0.3) is 0 Å². The number of ether oxygens (including phenoxy) is 3. The summed E-state index contributed by atoms with van der Waals surface area (Å²) < 4.78 is 16.9. The Bertz CT molecular complexity index is 701. The Morgan fingerprint density at radius 2 is 1.85 bits per heavy atom. The number of aliphatic hydroxyl groups excluding tert-OH is 2. The van der Waals surface area contributed by atoms with E-state index in [0.717, 1.165) is 11.8 Å². The molecule has 190 valence electrons. The molecule has 0 aromatic heterocycles. The zero-order valence-electron chi connectivity index (χ0n) is 19.8. The van der Waals surface area contributed by atoms with Crippen molar-refractivity contribution < 1.29 is 43.6 Å². The van der Waals surface area contributed by atoms with E-state index in [4.69, 9.17) is 14.2 Å². The molecule has 1 aliphatic rings. The fraction of sp³-hybridized carbons (Fsp3) is 0.810. The van der Waals surface area contributed by atoms with Crippen molar-refractivity contribution in [3.8, 4) is 0 Å². The smallest absolute Gasteiger partial charge is 0.285 e. The molecule has 2 amide bonds. The first-order valence-corrected chi connectivity index (χ1v) is 11.8. The molecule has 12 heteroatoms. The SMILES string of the molecule is COC1(CC(O)CC(C)O)OCC(C)(C)[C@H](C(=O)NCCC(=O)NCCSC(=O)C(C)=O)O1. The van der Waals surface area contributed by atoms with Gasteiger partial charge in [-0.25, -0.2) is 0 Å². The van der Waals surface area contributed by atoms with Crippen LogP contribution in [0.3, 0.4) is 0 Å². The van der Waals surface area contributed by atoms with Crippen LogP contribution in [0.1, 0.15) is 47.0 Å². The predicted octanol–water partition coefficient (Wildman–Crippen LogP) is -0.279. The predicted molar refractivity (Wildman–Crippen MR) is 120 cm³/mol. The first kappa shape index (κ1) is 29.5. The summed E-state index contributed by atoms with van der Waals surface area (Å²) in [4.78, 5) is 46.8. The van der Waals surface area contributed by atoms with Crippen molar-refractivity contribution in [2.75, 3.05) is 32.6 Å². The molecule has 3 unspecified atom stereocenters. The highest BCUT2D eigenvalue weighted by Crippen LogP contribution is 2.38. The van der Waals surface area contributed by atoms with Gasteiger partial charge in [-0.2, -0.15) is 0 Å². The Morgan fingerprint density at radius 3 is 2.42 bits per heavy atom. The van der Waals surface area contributed by atoms with Gasteiger partial charge in [-0.05, 0) is 13.3 Å². The third kappa shape index (κ3) is 10.1. The van der Waals surface area contributed by atoms with Gasteiger partial charge in [-0.3, -0.25) is 19.2 Å². The zero-order valence-corrected chi connectivity index (χ0v) is 20.7. The number of amides is 2.